The fourth-order valence-electron chi connectivity index (χ4n) is 1.99. The van der Waals surface area contributed by atoms with Crippen LogP contribution in [-0.2, 0) is 0 Å². The molecule has 1 unspecified atom stereocenters. The lowest BCUT2D eigenvalue weighted by Crippen LogP contribution is -2.39. The summed E-state index contributed by atoms with van der Waals surface area (Å²) in [6, 6.07) is 1.63. The van der Waals surface area contributed by atoms with Gasteiger partial charge < -0.3 is 0 Å². The van der Waals surface area contributed by atoms with Crippen LogP contribution < -0.4 is 11.3 Å². The Balaban J connectivity index is 3.31. The van der Waals surface area contributed by atoms with Gasteiger partial charge >= 0.3 is 6.18 Å². The standard InChI is InChI=1S/C11H15F3N2/c1-6-4-7(2)9(8(3)5-6)10(16-15)11(12,13)14/h4-5,10,16H,15H2,1-3H3. The zero-order valence-corrected chi connectivity index (χ0v) is 9.44. The Bertz CT molecular complexity index is 362. The topological polar surface area (TPSA) is 38.0 Å². The quantitative estimate of drug-likeness (QED) is 0.607. The number of hydrogen-bond acceptors (Lipinski definition) is 2. The summed E-state index contributed by atoms with van der Waals surface area (Å²) in [7, 11) is 0. The molecule has 0 saturated carbocycles. The van der Waals surface area contributed by atoms with Crippen LogP contribution in [-0.4, -0.2) is 6.18 Å². The van der Waals surface area contributed by atoms with E-state index in [0.717, 1.165) is 5.56 Å². The molecule has 3 N–H and O–H groups in total. The van der Waals surface area contributed by atoms with Gasteiger partial charge in [-0.05, 0) is 37.5 Å². The van der Waals surface area contributed by atoms with E-state index in [1.54, 1.807) is 26.0 Å². The Morgan fingerprint density at radius 3 is 1.88 bits per heavy atom. The number of benzene rings is 1. The van der Waals surface area contributed by atoms with Crippen LogP contribution in [0, 0.1) is 20.8 Å². The van der Waals surface area contributed by atoms with Crippen molar-refractivity contribution in [2.45, 2.75) is 33.0 Å². The number of hydrogen-bond donors (Lipinski definition) is 2. The molecule has 0 radical (unpaired) electrons. The van der Waals surface area contributed by atoms with Gasteiger partial charge in [0.15, 0.2) is 0 Å². The summed E-state index contributed by atoms with van der Waals surface area (Å²) in [6.45, 7) is 5.17. The minimum Gasteiger partial charge on any atom is -0.271 e. The van der Waals surface area contributed by atoms with Crippen LogP contribution in [0.1, 0.15) is 28.3 Å². The number of nitrogens with one attached hydrogen (secondary N) is 1. The Morgan fingerprint density at radius 1 is 1.12 bits per heavy atom. The highest BCUT2D eigenvalue weighted by molar-refractivity contribution is 5.40. The van der Waals surface area contributed by atoms with Crippen LogP contribution in [0.15, 0.2) is 12.1 Å². The van der Waals surface area contributed by atoms with Crippen LogP contribution in [0.5, 0.6) is 0 Å². The van der Waals surface area contributed by atoms with Crippen LogP contribution >= 0.6 is 0 Å². The second kappa shape index (κ2) is 4.43. The summed E-state index contributed by atoms with van der Waals surface area (Å²) in [5.41, 5.74) is 4.18. The minimum atomic E-state index is -4.39. The molecule has 0 aliphatic carbocycles. The Kier molecular flexibility index (Phi) is 3.60. The van der Waals surface area contributed by atoms with E-state index in [9.17, 15) is 13.2 Å². The van der Waals surface area contributed by atoms with Crippen molar-refractivity contribution >= 4 is 0 Å². The van der Waals surface area contributed by atoms with Crippen molar-refractivity contribution in [1.29, 1.82) is 0 Å². The second-order valence-electron chi connectivity index (χ2n) is 3.95. The van der Waals surface area contributed by atoms with Crippen molar-refractivity contribution in [2.24, 2.45) is 5.84 Å². The fourth-order valence-corrected chi connectivity index (χ4v) is 1.99. The van der Waals surface area contributed by atoms with Crippen LogP contribution in [0.25, 0.3) is 0 Å². The number of nitrogens with two attached hydrogens (primary N) is 1. The molecule has 5 heteroatoms. The van der Waals surface area contributed by atoms with Gasteiger partial charge in [0.2, 0.25) is 0 Å². The Labute approximate surface area is 92.6 Å². The highest BCUT2D eigenvalue weighted by Crippen LogP contribution is 2.35. The average Bonchev–Trinajstić information content (AvgIpc) is 2.08. The highest BCUT2D eigenvalue weighted by Gasteiger charge is 2.41. The van der Waals surface area contributed by atoms with Crippen molar-refractivity contribution in [3.05, 3.63) is 34.4 Å². The molecule has 0 aromatic heterocycles. The lowest BCUT2D eigenvalue weighted by Gasteiger charge is -2.23. The van der Waals surface area contributed by atoms with Crippen molar-refractivity contribution < 1.29 is 13.2 Å². The highest BCUT2D eigenvalue weighted by atomic mass is 19.4. The zero-order chi connectivity index (χ0) is 12.5. The molecule has 1 aromatic carbocycles. The lowest BCUT2D eigenvalue weighted by atomic mass is 9.94. The van der Waals surface area contributed by atoms with Crippen LogP contribution in [0.3, 0.4) is 0 Å². The molecule has 16 heavy (non-hydrogen) atoms. The number of halogens is 3. The number of alkyl halides is 3. The van der Waals surface area contributed by atoms with Gasteiger partial charge in [-0.25, -0.2) is 5.43 Å². The van der Waals surface area contributed by atoms with Crippen molar-refractivity contribution in [1.82, 2.24) is 5.43 Å². The first kappa shape index (κ1) is 13.0. The van der Waals surface area contributed by atoms with E-state index in [4.69, 9.17) is 5.84 Å². The van der Waals surface area contributed by atoms with E-state index < -0.39 is 12.2 Å². The normalized spacial score (nSPS) is 13.9. The summed E-state index contributed by atoms with van der Waals surface area (Å²) in [4.78, 5) is 0. The van der Waals surface area contributed by atoms with Gasteiger partial charge in [-0.15, -0.1) is 0 Å². The maximum absolute atomic E-state index is 12.7. The summed E-state index contributed by atoms with van der Waals surface area (Å²) < 4.78 is 38.2. The molecule has 1 atom stereocenters. The Hall–Kier alpha value is -1.07. The molecule has 2 nitrogen and oxygen atoms in total. The van der Waals surface area contributed by atoms with Crippen molar-refractivity contribution in [2.75, 3.05) is 0 Å². The van der Waals surface area contributed by atoms with Gasteiger partial charge in [-0.1, -0.05) is 17.7 Å². The number of rotatable bonds is 2. The monoisotopic (exact) mass is 232 g/mol. The SMILES string of the molecule is Cc1cc(C)c(C(NN)C(F)(F)F)c(C)c1. The molecular formula is C11H15F3N2. The van der Waals surface area contributed by atoms with Gasteiger partial charge in [0.1, 0.15) is 6.04 Å². The second-order valence-corrected chi connectivity index (χ2v) is 3.95. The summed E-state index contributed by atoms with van der Waals surface area (Å²) in [5.74, 6) is 5.00. The lowest BCUT2D eigenvalue weighted by molar-refractivity contribution is -0.158. The smallest absolute Gasteiger partial charge is 0.271 e. The molecule has 0 saturated heterocycles. The third-order valence-corrected chi connectivity index (χ3v) is 2.52. The van der Waals surface area contributed by atoms with Crippen LogP contribution in [0.2, 0.25) is 0 Å². The number of aryl methyl sites for hydroxylation is 3. The zero-order valence-electron chi connectivity index (χ0n) is 9.44. The van der Waals surface area contributed by atoms with E-state index in [-0.39, 0.29) is 5.56 Å². The number of hydrazine groups is 1. The average molecular weight is 232 g/mol. The molecule has 0 aliphatic rings. The maximum Gasteiger partial charge on any atom is 0.409 e. The van der Waals surface area contributed by atoms with Gasteiger partial charge in [0, 0.05) is 0 Å². The van der Waals surface area contributed by atoms with E-state index in [1.807, 2.05) is 12.3 Å². The first-order chi connectivity index (χ1) is 7.27. The van der Waals surface area contributed by atoms with Crippen LogP contribution in [0.4, 0.5) is 13.2 Å². The third kappa shape index (κ3) is 2.54. The third-order valence-electron chi connectivity index (χ3n) is 2.52. The van der Waals surface area contributed by atoms with Crippen molar-refractivity contribution in [3.63, 3.8) is 0 Å². The van der Waals surface area contributed by atoms with E-state index in [0.29, 0.717) is 11.1 Å². The molecule has 0 spiro atoms. The van der Waals surface area contributed by atoms with E-state index in [1.165, 1.54) is 0 Å². The first-order valence-corrected chi connectivity index (χ1v) is 4.88. The molecular weight excluding hydrogens is 217 g/mol. The summed E-state index contributed by atoms with van der Waals surface area (Å²) in [6.07, 6.45) is -4.39. The molecule has 90 valence electrons. The molecule has 0 heterocycles. The summed E-state index contributed by atoms with van der Waals surface area (Å²) in [5, 5.41) is 0. The van der Waals surface area contributed by atoms with E-state index >= 15 is 0 Å². The van der Waals surface area contributed by atoms with Crippen molar-refractivity contribution in [3.8, 4) is 0 Å². The van der Waals surface area contributed by atoms with E-state index in [2.05, 4.69) is 0 Å². The fraction of sp³-hybridized carbons (Fsp3) is 0.455. The molecule has 0 amide bonds. The molecule has 0 bridgehead atoms. The maximum atomic E-state index is 12.7. The largest absolute Gasteiger partial charge is 0.409 e. The first-order valence-electron chi connectivity index (χ1n) is 4.88. The summed E-state index contributed by atoms with van der Waals surface area (Å²) >= 11 is 0. The van der Waals surface area contributed by atoms with Gasteiger partial charge in [-0.3, -0.25) is 5.84 Å². The minimum absolute atomic E-state index is 0.209. The molecule has 0 aliphatic heterocycles. The molecule has 1 aromatic rings. The Morgan fingerprint density at radius 2 is 1.56 bits per heavy atom. The molecule has 1 rings (SSSR count). The van der Waals surface area contributed by atoms with Gasteiger partial charge in [0.05, 0.1) is 0 Å². The predicted octanol–water partition coefficient (Wildman–Crippen LogP) is 2.68. The molecule has 0 fully saturated rings. The predicted molar refractivity (Wildman–Crippen MR) is 56.8 cm³/mol. The van der Waals surface area contributed by atoms with Gasteiger partial charge in [-0.2, -0.15) is 13.2 Å². The van der Waals surface area contributed by atoms with Gasteiger partial charge in [0.25, 0.3) is 0 Å².